The van der Waals surface area contributed by atoms with Gasteiger partial charge < -0.3 is 14.2 Å². The normalized spacial score (nSPS) is 15.5. The van der Waals surface area contributed by atoms with Crippen molar-refractivity contribution < 1.29 is 19.0 Å². The van der Waals surface area contributed by atoms with Gasteiger partial charge >= 0.3 is 6.09 Å². The van der Waals surface area contributed by atoms with Gasteiger partial charge in [0.05, 0.1) is 27.4 Å². The summed E-state index contributed by atoms with van der Waals surface area (Å²) in [7, 11) is 4.61. The highest BCUT2D eigenvalue weighted by atomic mass is 16.5. The summed E-state index contributed by atoms with van der Waals surface area (Å²) in [5.74, 6) is 1.35. The van der Waals surface area contributed by atoms with Gasteiger partial charge in [-0.3, -0.25) is 4.90 Å². The van der Waals surface area contributed by atoms with Crippen LogP contribution in [0, 0.1) is 0 Å². The molecule has 5 nitrogen and oxygen atoms in total. The van der Waals surface area contributed by atoms with Crippen molar-refractivity contribution in [1.82, 2.24) is 4.90 Å². The predicted octanol–water partition coefficient (Wildman–Crippen LogP) is 4.04. The fourth-order valence-corrected chi connectivity index (χ4v) is 3.11. The molecule has 1 aliphatic rings. The minimum absolute atomic E-state index is 0.147. The predicted molar refractivity (Wildman–Crippen MR) is 95.7 cm³/mol. The van der Waals surface area contributed by atoms with E-state index in [9.17, 15) is 4.79 Å². The van der Waals surface area contributed by atoms with Gasteiger partial charge in [0.25, 0.3) is 0 Å². The van der Waals surface area contributed by atoms with Gasteiger partial charge in [-0.1, -0.05) is 30.3 Å². The van der Waals surface area contributed by atoms with Crippen LogP contribution in [-0.4, -0.2) is 32.3 Å². The number of nitrogens with zero attached hydrogens (tertiary/aromatic N) is 1. The van der Waals surface area contributed by atoms with Gasteiger partial charge in [-0.25, -0.2) is 4.79 Å². The number of amides is 1. The van der Waals surface area contributed by atoms with Crippen molar-refractivity contribution in [2.24, 2.45) is 0 Å². The molecule has 0 fully saturated rings. The van der Waals surface area contributed by atoms with E-state index in [0.29, 0.717) is 17.9 Å². The molecule has 0 radical (unpaired) electrons. The number of carbonyl (C=O) groups is 1. The van der Waals surface area contributed by atoms with Crippen molar-refractivity contribution in [2.45, 2.75) is 12.5 Å². The topological polar surface area (TPSA) is 48.0 Å². The highest BCUT2D eigenvalue weighted by Crippen LogP contribution is 2.35. The number of benzene rings is 2. The molecular weight excluding hydrogens is 318 g/mol. The van der Waals surface area contributed by atoms with Crippen molar-refractivity contribution in [3.63, 3.8) is 0 Å². The Kier molecular flexibility index (Phi) is 4.93. The maximum absolute atomic E-state index is 12.2. The summed E-state index contributed by atoms with van der Waals surface area (Å²) in [5, 5.41) is 0. The molecule has 0 saturated heterocycles. The Hall–Kier alpha value is -2.95. The van der Waals surface area contributed by atoms with Crippen molar-refractivity contribution in [3.05, 3.63) is 65.4 Å². The molecule has 0 bridgehead atoms. The van der Waals surface area contributed by atoms with Crippen LogP contribution in [0.5, 0.6) is 11.5 Å². The molecule has 3 rings (SSSR count). The van der Waals surface area contributed by atoms with Gasteiger partial charge in [-0.2, -0.15) is 0 Å². The number of rotatable bonds is 4. The number of hydrogen-bond donors (Lipinski definition) is 0. The first-order valence-electron chi connectivity index (χ1n) is 8.02. The second kappa shape index (κ2) is 7.30. The first-order valence-corrected chi connectivity index (χ1v) is 8.02. The maximum Gasteiger partial charge on any atom is 0.414 e. The van der Waals surface area contributed by atoms with E-state index in [1.165, 1.54) is 7.11 Å². The molecule has 0 aromatic heterocycles. The van der Waals surface area contributed by atoms with Crippen LogP contribution in [0.3, 0.4) is 0 Å². The molecule has 130 valence electrons. The van der Waals surface area contributed by atoms with Gasteiger partial charge in [0.1, 0.15) is 0 Å². The van der Waals surface area contributed by atoms with E-state index in [2.05, 4.69) is 0 Å². The molecule has 0 aliphatic carbocycles. The smallest absolute Gasteiger partial charge is 0.414 e. The van der Waals surface area contributed by atoms with Crippen LogP contribution in [0.25, 0.3) is 6.08 Å². The molecule has 1 atom stereocenters. The van der Waals surface area contributed by atoms with Gasteiger partial charge in [0.15, 0.2) is 11.5 Å². The van der Waals surface area contributed by atoms with Crippen molar-refractivity contribution in [2.75, 3.05) is 21.3 Å². The second-order valence-electron chi connectivity index (χ2n) is 5.73. The van der Waals surface area contributed by atoms with Crippen molar-refractivity contribution in [3.8, 4) is 11.5 Å². The summed E-state index contributed by atoms with van der Waals surface area (Å²) in [4.78, 5) is 13.8. The molecule has 2 aromatic rings. The summed E-state index contributed by atoms with van der Waals surface area (Å²) < 4.78 is 15.6. The molecule has 0 spiro atoms. The van der Waals surface area contributed by atoms with E-state index in [0.717, 1.165) is 16.7 Å². The highest BCUT2D eigenvalue weighted by molar-refractivity contribution is 5.73. The molecule has 1 amide bonds. The molecule has 0 N–H and O–H groups in total. The zero-order chi connectivity index (χ0) is 17.8. The molecule has 0 saturated carbocycles. The van der Waals surface area contributed by atoms with E-state index in [-0.39, 0.29) is 12.1 Å². The fraction of sp³-hybridized carbons (Fsp3) is 0.250. The number of carbonyl (C=O) groups excluding carboxylic acids is 1. The van der Waals surface area contributed by atoms with Crippen LogP contribution in [0.15, 0.2) is 48.7 Å². The van der Waals surface area contributed by atoms with Crippen LogP contribution in [0.2, 0.25) is 0 Å². The summed E-state index contributed by atoms with van der Waals surface area (Å²) in [6.07, 6.45) is 3.96. The van der Waals surface area contributed by atoms with Crippen LogP contribution >= 0.6 is 0 Å². The third kappa shape index (κ3) is 3.31. The van der Waals surface area contributed by atoms with Crippen LogP contribution in [0.4, 0.5) is 4.79 Å². The summed E-state index contributed by atoms with van der Waals surface area (Å²) in [6, 6.07) is 13.7. The van der Waals surface area contributed by atoms with Crippen molar-refractivity contribution >= 4 is 12.2 Å². The quantitative estimate of drug-likeness (QED) is 0.843. The Morgan fingerprint density at radius 1 is 1.04 bits per heavy atom. The molecule has 1 aliphatic heterocycles. The Balaban J connectivity index is 1.97. The van der Waals surface area contributed by atoms with Crippen LogP contribution < -0.4 is 9.47 Å². The summed E-state index contributed by atoms with van der Waals surface area (Å²) >= 11 is 0. The lowest BCUT2D eigenvalue weighted by molar-refractivity contribution is 0.125. The largest absolute Gasteiger partial charge is 0.493 e. The molecule has 1 unspecified atom stereocenters. The summed E-state index contributed by atoms with van der Waals surface area (Å²) in [5.41, 5.74) is 3.24. The number of methoxy groups -OCH3 is 3. The van der Waals surface area contributed by atoms with Crippen LogP contribution in [-0.2, 0) is 11.2 Å². The Morgan fingerprint density at radius 3 is 2.52 bits per heavy atom. The average molecular weight is 339 g/mol. The lowest BCUT2D eigenvalue weighted by Gasteiger charge is -2.32. The van der Waals surface area contributed by atoms with E-state index >= 15 is 0 Å². The lowest BCUT2D eigenvalue weighted by atomic mass is 9.91. The Labute approximate surface area is 147 Å². The number of fused-ring (bicyclic) bond motifs is 1. The monoisotopic (exact) mass is 339 g/mol. The van der Waals surface area contributed by atoms with Gasteiger partial charge in [0.2, 0.25) is 0 Å². The first-order chi connectivity index (χ1) is 12.2. The third-order valence-corrected chi connectivity index (χ3v) is 4.37. The average Bonchev–Trinajstić information content (AvgIpc) is 2.67. The second-order valence-corrected chi connectivity index (χ2v) is 5.73. The van der Waals surface area contributed by atoms with Crippen molar-refractivity contribution in [1.29, 1.82) is 0 Å². The minimum Gasteiger partial charge on any atom is -0.493 e. The lowest BCUT2D eigenvalue weighted by Crippen LogP contribution is -2.33. The first kappa shape index (κ1) is 16.9. The van der Waals surface area contributed by atoms with Gasteiger partial charge in [-0.05, 0) is 41.3 Å². The Bertz CT molecular complexity index is 800. The number of hydrogen-bond acceptors (Lipinski definition) is 4. The zero-order valence-electron chi connectivity index (χ0n) is 14.6. The standard InChI is InChI=1S/C20H21NO4/c1-23-18-9-8-14(13-19(18)24-2)12-17-16-7-5-4-6-15(16)10-11-21(17)20(22)25-3/h4-11,13,17H,12H2,1-3H3. The SMILES string of the molecule is COC(=O)N1C=Cc2ccccc2C1Cc1ccc(OC)c(OC)c1. The highest BCUT2D eigenvalue weighted by Gasteiger charge is 2.28. The molecule has 25 heavy (non-hydrogen) atoms. The van der Waals surface area contributed by atoms with E-state index in [1.54, 1.807) is 25.3 Å². The fourth-order valence-electron chi connectivity index (χ4n) is 3.11. The zero-order valence-corrected chi connectivity index (χ0v) is 14.6. The summed E-state index contributed by atoms with van der Waals surface area (Å²) in [6.45, 7) is 0. The molecular formula is C20H21NO4. The van der Waals surface area contributed by atoms with Gasteiger partial charge in [0, 0.05) is 6.20 Å². The molecule has 1 heterocycles. The maximum atomic E-state index is 12.2. The van der Waals surface area contributed by atoms with Crippen LogP contribution in [0.1, 0.15) is 22.7 Å². The Morgan fingerprint density at radius 2 is 1.80 bits per heavy atom. The third-order valence-electron chi connectivity index (χ3n) is 4.37. The molecule has 5 heteroatoms. The van der Waals surface area contributed by atoms with E-state index < -0.39 is 0 Å². The molecule has 2 aromatic carbocycles. The van der Waals surface area contributed by atoms with E-state index in [4.69, 9.17) is 14.2 Å². The number of ether oxygens (including phenoxy) is 3. The minimum atomic E-state index is -0.378. The van der Waals surface area contributed by atoms with Gasteiger partial charge in [-0.15, -0.1) is 0 Å². The van der Waals surface area contributed by atoms with E-state index in [1.807, 2.05) is 48.5 Å².